The van der Waals surface area contributed by atoms with E-state index < -0.39 is 0 Å². The molecule has 0 saturated heterocycles. The van der Waals surface area contributed by atoms with Crippen LogP contribution in [-0.4, -0.2) is 42.3 Å². The van der Waals surface area contributed by atoms with E-state index in [2.05, 4.69) is 17.6 Å². The van der Waals surface area contributed by atoms with Gasteiger partial charge in [0.25, 0.3) is 0 Å². The first-order valence-electron chi connectivity index (χ1n) is 10.2. The Hall–Kier alpha value is -2.37. The topological polar surface area (TPSA) is 78.5 Å². The van der Waals surface area contributed by atoms with Crippen molar-refractivity contribution in [2.45, 2.75) is 59.8 Å². The lowest BCUT2D eigenvalue weighted by molar-refractivity contribution is -0.136. The minimum absolute atomic E-state index is 0.00386. The molecule has 0 atom stereocenters. The second-order valence-corrected chi connectivity index (χ2v) is 7.67. The first-order valence-corrected chi connectivity index (χ1v) is 10.2. The van der Waals surface area contributed by atoms with E-state index >= 15 is 0 Å². The molecule has 0 radical (unpaired) electrons. The summed E-state index contributed by atoms with van der Waals surface area (Å²) in [6.07, 6.45) is 4.59. The van der Waals surface area contributed by atoms with Crippen molar-refractivity contribution in [3.05, 3.63) is 29.8 Å². The number of carbonyl (C=O) groups excluding carboxylic acids is 3. The summed E-state index contributed by atoms with van der Waals surface area (Å²) < 4.78 is 0. The molecule has 1 aromatic rings. The largest absolute Gasteiger partial charge is 0.345 e. The highest BCUT2D eigenvalue weighted by Crippen LogP contribution is 2.09. The van der Waals surface area contributed by atoms with Gasteiger partial charge >= 0.3 is 0 Å². The minimum atomic E-state index is -0.318. The highest BCUT2D eigenvalue weighted by molar-refractivity contribution is 5.95. The van der Waals surface area contributed by atoms with Crippen LogP contribution in [0, 0.1) is 12.8 Å². The van der Waals surface area contributed by atoms with Gasteiger partial charge in [0.1, 0.15) is 0 Å². The number of nitrogens with zero attached hydrogens (tertiary/aromatic N) is 1. The molecule has 3 amide bonds. The highest BCUT2D eigenvalue weighted by Gasteiger charge is 2.18. The van der Waals surface area contributed by atoms with Crippen LogP contribution in [0.3, 0.4) is 0 Å². The zero-order valence-electron chi connectivity index (χ0n) is 17.7. The van der Waals surface area contributed by atoms with Crippen molar-refractivity contribution < 1.29 is 14.4 Å². The fourth-order valence-corrected chi connectivity index (χ4v) is 2.89. The molecule has 2 N–H and O–H groups in total. The summed E-state index contributed by atoms with van der Waals surface area (Å²) in [7, 11) is 0. The molecule has 0 bridgehead atoms. The van der Waals surface area contributed by atoms with Crippen LogP contribution in [0.15, 0.2) is 24.3 Å². The van der Waals surface area contributed by atoms with Crippen LogP contribution in [0.25, 0.3) is 0 Å². The molecule has 0 unspecified atom stereocenters. The van der Waals surface area contributed by atoms with Crippen molar-refractivity contribution in [2.75, 3.05) is 25.0 Å². The van der Waals surface area contributed by atoms with Gasteiger partial charge < -0.3 is 15.5 Å². The van der Waals surface area contributed by atoms with E-state index in [0.717, 1.165) is 31.2 Å². The number of aryl methyl sites for hydroxylation is 1. The van der Waals surface area contributed by atoms with Gasteiger partial charge in [0.15, 0.2) is 0 Å². The minimum Gasteiger partial charge on any atom is -0.345 e. The van der Waals surface area contributed by atoms with Gasteiger partial charge in [-0.2, -0.15) is 0 Å². The normalized spacial score (nSPS) is 10.6. The van der Waals surface area contributed by atoms with Crippen LogP contribution >= 0.6 is 0 Å². The molecular formula is C22H35N3O3. The predicted octanol–water partition coefficient (Wildman–Crippen LogP) is 3.50. The van der Waals surface area contributed by atoms with Gasteiger partial charge in [-0.1, -0.05) is 52.2 Å². The van der Waals surface area contributed by atoms with Crippen molar-refractivity contribution >= 4 is 23.4 Å². The molecule has 0 saturated carbocycles. The van der Waals surface area contributed by atoms with E-state index in [1.165, 1.54) is 0 Å². The van der Waals surface area contributed by atoms with Crippen LogP contribution in [0.1, 0.15) is 58.4 Å². The molecule has 6 nitrogen and oxygen atoms in total. The molecule has 0 aliphatic heterocycles. The standard InChI is InChI=1S/C22H35N3O3/c1-5-6-7-8-12-22(28)25(15-17(2)3)16-21(27)23-14-20(26)24-19-11-9-10-18(4)13-19/h9-11,13,17H,5-8,12,14-16H2,1-4H3,(H,23,27)(H,24,26). The monoisotopic (exact) mass is 389 g/mol. The zero-order valence-corrected chi connectivity index (χ0v) is 17.7. The van der Waals surface area contributed by atoms with Crippen LogP contribution in [0.5, 0.6) is 0 Å². The van der Waals surface area contributed by atoms with Crippen molar-refractivity contribution in [3.63, 3.8) is 0 Å². The van der Waals surface area contributed by atoms with Crippen LogP contribution in [-0.2, 0) is 14.4 Å². The fourth-order valence-electron chi connectivity index (χ4n) is 2.89. The van der Waals surface area contributed by atoms with E-state index in [0.29, 0.717) is 18.7 Å². The number of carbonyl (C=O) groups is 3. The van der Waals surface area contributed by atoms with Gasteiger partial charge in [0.2, 0.25) is 17.7 Å². The summed E-state index contributed by atoms with van der Waals surface area (Å²) in [5.74, 6) is -0.330. The van der Waals surface area contributed by atoms with Crippen molar-refractivity contribution in [1.82, 2.24) is 10.2 Å². The van der Waals surface area contributed by atoms with Crippen LogP contribution in [0.4, 0.5) is 5.69 Å². The van der Waals surface area contributed by atoms with Gasteiger partial charge in [0, 0.05) is 18.7 Å². The summed E-state index contributed by atoms with van der Waals surface area (Å²) in [5, 5.41) is 5.36. The second kappa shape index (κ2) is 12.9. The maximum Gasteiger partial charge on any atom is 0.243 e. The van der Waals surface area contributed by atoms with Gasteiger partial charge in [-0.3, -0.25) is 14.4 Å². The first kappa shape index (κ1) is 23.7. The van der Waals surface area contributed by atoms with E-state index in [1.807, 2.05) is 39.0 Å². The Kier molecular flexibility index (Phi) is 10.9. The number of nitrogens with one attached hydrogen (secondary N) is 2. The Bertz CT molecular complexity index is 644. The molecule has 0 aromatic heterocycles. The summed E-state index contributed by atoms with van der Waals surface area (Å²) in [5.41, 5.74) is 1.74. The molecule has 1 aromatic carbocycles. The number of amides is 3. The number of hydrogen-bond donors (Lipinski definition) is 2. The second-order valence-electron chi connectivity index (χ2n) is 7.67. The summed E-state index contributed by atoms with van der Waals surface area (Å²) in [6.45, 7) is 8.52. The Morgan fingerprint density at radius 1 is 1.07 bits per heavy atom. The average Bonchev–Trinajstić information content (AvgIpc) is 2.62. The number of unbranched alkanes of at least 4 members (excludes halogenated alkanes) is 3. The molecular weight excluding hydrogens is 354 g/mol. The summed E-state index contributed by atoms with van der Waals surface area (Å²) in [6, 6.07) is 7.47. The molecule has 0 fully saturated rings. The lowest BCUT2D eigenvalue weighted by Gasteiger charge is -2.24. The third-order valence-electron chi connectivity index (χ3n) is 4.26. The van der Waals surface area contributed by atoms with E-state index in [4.69, 9.17) is 0 Å². The maximum absolute atomic E-state index is 12.5. The van der Waals surface area contributed by atoms with Crippen molar-refractivity contribution in [2.24, 2.45) is 5.92 Å². The van der Waals surface area contributed by atoms with Crippen LogP contribution < -0.4 is 10.6 Å². The van der Waals surface area contributed by atoms with Crippen molar-refractivity contribution in [1.29, 1.82) is 0 Å². The zero-order chi connectivity index (χ0) is 20.9. The molecule has 6 heteroatoms. The van der Waals surface area contributed by atoms with Gasteiger partial charge in [-0.25, -0.2) is 0 Å². The third-order valence-corrected chi connectivity index (χ3v) is 4.26. The predicted molar refractivity (Wildman–Crippen MR) is 113 cm³/mol. The molecule has 28 heavy (non-hydrogen) atoms. The molecule has 1 rings (SSSR count). The Morgan fingerprint density at radius 3 is 2.46 bits per heavy atom. The maximum atomic E-state index is 12.5. The summed E-state index contributed by atoms with van der Waals surface area (Å²) >= 11 is 0. The van der Waals surface area contributed by atoms with Crippen molar-refractivity contribution in [3.8, 4) is 0 Å². The Morgan fingerprint density at radius 2 is 1.82 bits per heavy atom. The average molecular weight is 390 g/mol. The molecule has 0 aliphatic carbocycles. The molecule has 0 spiro atoms. The summed E-state index contributed by atoms with van der Waals surface area (Å²) in [4.78, 5) is 38.3. The SMILES string of the molecule is CCCCCCC(=O)N(CC(=O)NCC(=O)Nc1cccc(C)c1)CC(C)C. The highest BCUT2D eigenvalue weighted by atomic mass is 16.2. The number of rotatable bonds is 12. The number of hydrogen-bond acceptors (Lipinski definition) is 3. The quantitative estimate of drug-likeness (QED) is 0.537. The van der Waals surface area contributed by atoms with E-state index in [-0.39, 0.29) is 36.7 Å². The van der Waals surface area contributed by atoms with Gasteiger partial charge in [-0.15, -0.1) is 0 Å². The fraction of sp³-hybridized carbons (Fsp3) is 0.591. The third kappa shape index (κ3) is 10.1. The van der Waals surface area contributed by atoms with E-state index in [1.54, 1.807) is 11.0 Å². The molecule has 0 heterocycles. The Labute approximate surface area is 169 Å². The lowest BCUT2D eigenvalue weighted by atomic mass is 10.1. The van der Waals surface area contributed by atoms with Gasteiger partial charge in [0.05, 0.1) is 13.1 Å². The molecule has 0 aliphatic rings. The number of anilines is 1. The first-order chi connectivity index (χ1) is 13.3. The van der Waals surface area contributed by atoms with Crippen LogP contribution in [0.2, 0.25) is 0 Å². The smallest absolute Gasteiger partial charge is 0.243 e. The Balaban J connectivity index is 2.46. The van der Waals surface area contributed by atoms with Gasteiger partial charge in [-0.05, 0) is 37.0 Å². The molecule has 156 valence electrons. The lowest BCUT2D eigenvalue weighted by Crippen LogP contribution is -2.44. The number of benzene rings is 1. The van der Waals surface area contributed by atoms with E-state index in [9.17, 15) is 14.4 Å².